The van der Waals surface area contributed by atoms with E-state index in [0.717, 1.165) is 22.5 Å². The fourth-order valence-electron chi connectivity index (χ4n) is 2.46. The number of thioether (sulfide) groups is 1. The van der Waals surface area contributed by atoms with Crippen LogP contribution in [0.15, 0.2) is 10.9 Å². The first-order valence-corrected chi connectivity index (χ1v) is 8.62. The second-order valence-corrected chi connectivity index (χ2v) is 7.08. The van der Waals surface area contributed by atoms with Gasteiger partial charge in [0.05, 0.1) is 11.4 Å². The highest BCUT2D eigenvalue weighted by Gasteiger charge is 2.14. The third kappa shape index (κ3) is 5.29. The van der Waals surface area contributed by atoms with Crippen molar-refractivity contribution in [3.05, 3.63) is 27.9 Å². The first-order chi connectivity index (χ1) is 9.63. The molecule has 1 aromatic heterocycles. The number of nitrogens with zero attached hydrogens (tertiary/aromatic N) is 1. The third-order valence-corrected chi connectivity index (χ3v) is 4.93. The number of rotatable bonds is 6. The maximum absolute atomic E-state index is 11.7. The van der Waals surface area contributed by atoms with Crippen molar-refractivity contribution in [2.24, 2.45) is 0 Å². The average molecular weight is 295 g/mol. The molecule has 20 heavy (non-hydrogen) atoms. The van der Waals surface area contributed by atoms with Crippen molar-refractivity contribution in [3.8, 4) is 0 Å². The van der Waals surface area contributed by atoms with E-state index in [4.69, 9.17) is 0 Å². The molecule has 0 amide bonds. The first-order valence-electron chi connectivity index (χ1n) is 7.57. The summed E-state index contributed by atoms with van der Waals surface area (Å²) in [6, 6.07) is 1.99. The summed E-state index contributed by atoms with van der Waals surface area (Å²) in [5.41, 5.74) is 0.793. The van der Waals surface area contributed by atoms with E-state index in [2.05, 4.69) is 29.1 Å². The van der Waals surface area contributed by atoms with Gasteiger partial charge >= 0.3 is 0 Å². The number of H-pyrrole nitrogens is 1. The van der Waals surface area contributed by atoms with Crippen LogP contribution < -0.4 is 10.9 Å². The summed E-state index contributed by atoms with van der Waals surface area (Å²) in [6.45, 7) is 4.84. The molecular weight excluding hydrogens is 270 g/mol. The summed E-state index contributed by atoms with van der Waals surface area (Å²) in [6.07, 6.45) is 6.69. The van der Waals surface area contributed by atoms with Crippen molar-refractivity contribution in [2.45, 2.75) is 69.5 Å². The smallest absolute Gasteiger partial charge is 0.251 e. The Bertz CT molecular complexity index is 466. The molecule has 0 unspecified atom stereocenters. The van der Waals surface area contributed by atoms with Gasteiger partial charge in [-0.2, -0.15) is 11.8 Å². The summed E-state index contributed by atoms with van der Waals surface area (Å²) < 4.78 is 0. The monoisotopic (exact) mass is 295 g/mol. The molecule has 1 heterocycles. The maximum atomic E-state index is 11.7. The quantitative estimate of drug-likeness (QED) is 0.847. The van der Waals surface area contributed by atoms with Crippen LogP contribution in [0.25, 0.3) is 0 Å². The summed E-state index contributed by atoms with van der Waals surface area (Å²) in [7, 11) is 0. The largest absolute Gasteiger partial charge is 0.310 e. The van der Waals surface area contributed by atoms with Crippen molar-refractivity contribution in [3.63, 3.8) is 0 Å². The minimum absolute atomic E-state index is 0.0419. The zero-order valence-electron chi connectivity index (χ0n) is 12.4. The van der Waals surface area contributed by atoms with Crippen LogP contribution in [-0.2, 0) is 12.3 Å². The molecule has 1 saturated carbocycles. The van der Waals surface area contributed by atoms with Crippen molar-refractivity contribution in [2.75, 3.05) is 0 Å². The standard InChI is InChI=1S/C15H25N3OS/c1-11(2)16-9-12-8-15(19)18-14(17-12)10-20-13-6-4-3-5-7-13/h8,11,13,16H,3-7,9-10H2,1-2H3,(H,17,18,19). The Kier molecular flexibility index (Phi) is 6.10. The SMILES string of the molecule is CC(C)NCc1cc(=O)[nH]c(CSC2CCCCC2)n1. The van der Waals surface area contributed by atoms with E-state index in [9.17, 15) is 4.79 Å². The van der Waals surface area contributed by atoms with Crippen molar-refractivity contribution >= 4 is 11.8 Å². The number of aromatic amines is 1. The molecular formula is C15H25N3OS. The van der Waals surface area contributed by atoms with E-state index in [1.165, 1.54) is 32.1 Å². The van der Waals surface area contributed by atoms with Gasteiger partial charge in [0.15, 0.2) is 0 Å². The molecule has 1 aliphatic carbocycles. The Hall–Kier alpha value is -0.810. The molecule has 0 atom stereocenters. The van der Waals surface area contributed by atoms with Crippen LogP contribution in [-0.4, -0.2) is 21.3 Å². The molecule has 1 aromatic rings. The molecule has 0 bridgehead atoms. The van der Waals surface area contributed by atoms with Crippen LogP contribution in [0.2, 0.25) is 0 Å². The van der Waals surface area contributed by atoms with Gasteiger partial charge in [0, 0.05) is 23.9 Å². The van der Waals surface area contributed by atoms with Gasteiger partial charge < -0.3 is 10.3 Å². The summed E-state index contributed by atoms with van der Waals surface area (Å²) in [5.74, 6) is 1.63. The Morgan fingerprint density at radius 1 is 1.40 bits per heavy atom. The number of aromatic nitrogens is 2. The van der Waals surface area contributed by atoms with Gasteiger partial charge in [0.2, 0.25) is 0 Å². The highest BCUT2D eigenvalue weighted by molar-refractivity contribution is 7.99. The molecule has 0 aromatic carbocycles. The predicted octanol–water partition coefficient (Wildman–Crippen LogP) is 2.83. The lowest BCUT2D eigenvalue weighted by atomic mass is 10.0. The van der Waals surface area contributed by atoms with Gasteiger partial charge in [0.25, 0.3) is 5.56 Å². The number of hydrogen-bond donors (Lipinski definition) is 2. The number of nitrogens with one attached hydrogen (secondary N) is 2. The molecule has 0 spiro atoms. The predicted molar refractivity (Wildman–Crippen MR) is 85.0 cm³/mol. The summed E-state index contributed by atoms with van der Waals surface area (Å²) in [5, 5.41) is 4.04. The second kappa shape index (κ2) is 7.84. The van der Waals surface area contributed by atoms with Crippen LogP contribution in [0.1, 0.15) is 57.5 Å². The lowest BCUT2D eigenvalue weighted by Crippen LogP contribution is -2.24. The van der Waals surface area contributed by atoms with E-state index >= 15 is 0 Å². The molecule has 2 N–H and O–H groups in total. The first kappa shape index (κ1) is 15.6. The zero-order chi connectivity index (χ0) is 14.4. The Labute approximate surface area is 125 Å². The molecule has 1 fully saturated rings. The Morgan fingerprint density at radius 2 is 2.15 bits per heavy atom. The van der Waals surface area contributed by atoms with Crippen LogP contribution >= 0.6 is 11.8 Å². The van der Waals surface area contributed by atoms with E-state index < -0.39 is 0 Å². The minimum atomic E-state index is -0.0419. The van der Waals surface area contributed by atoms with Gasteiger partial charge in [0.1, 0.15) is 5.82 Å². The fourth-order valence-corrected chi connectivity index (χ4v) is 3.66. The Balaban J connectivity index is 1.91. The molecule has 1 aliphatic rings. The van der Waals surface area contributed by atoms with Gasteiger partial charge in [-0.05, 0) is 12.8 Å². The van der Waals surface area contributed by atoms with E-state index in [1.807, 2.05) is 11.8 Å². The van der Waals surface area contributed by atoms with Crippen molar-refractivity contribution in [1.82, 2.24) is 15.3 Å². The topological polar surface area (TPSA) is 57.8 Å². The molecule has 2 rings (SSSR count). The molecule has 5 heteroatoms. The molecule has 0 aliphatic heterocycles. The van der Waals surface area contributed by atoms with Gasteiger partial charge in [-0.15, -0.1) is 0 Å². The van der Waals surface area contributed by atoms with E-state index in [0.29, 0.717) is 12.6 Å². The summed E-state index contributed by atoms with van der Waals surface area (Å²) >= 11 is 1.94. The lowest BCUT2D eigenvalue weighted by molar-refractivity contribution is 0.516. The van der Waals surface area contributed by atoms with Crippen LogP contribution in [0.3, 0.4) is 0 Å². The third-order valence-electron chi connectivity index (χ3n) is 3.54. The highest BCUT2D eigenvalue weighted by Crippen LogP contribution is 2.29. The van der Waals surface area contributed by atoms with E-state index in [1.54, 1.807) is 6.07 Å². The van der Waals surface area contributed by atoms with E-state index in [-0.39, 0.29) is 5.56 Å². The second-order valence-electron chi connectivity index (χ2n) is 5.79. The van der Waals surface area contributed by atoms with Gasteiger partial charge in [-0.3, -0.25) is 4.79 Å². The van der Waals surface area contributed by atoms with Crippen LogP contribution in [0.5, 0.6) is 0 Å². The van der Waals surface area contributed by atoms with Crippen LogP contribution in [0.4, 0.5) is 0 Å². The highest BCUT2D eigenvalue weighted by atomic mass is 32.2. The molecule has 0 saturated heterocycles. The average Bonchev–Trinajstić information content (AvgIpc) is 2.44. The molecule has 4 nitrogen and oxygen atoms in total. The van der Waals surface area contributed by atoms with Crippen molar-refractivity contribution in [1.29, 1.82) is 0 Å². The molecule has 112 valence electrons. The minimum Gasteiger partial charge on any atom is -0.310 e. The fraction of sp³-hybridized carbons (Fsp3) is 0.733. The molecule has 0 radical (unpaired) electrons. The van der Waals surface area contributed by atoms with Crippen LogP contribution in [0, 0.1) is 0 Å². The normalized spacial score (nSPS) is 16.8. The lowest BCUT2D eigenvalue weighted by Gasteiger charge is -2.20. The summed E-state index contributed by atoms with van der Waals surface area (Å²) in [4.78, 5) is 19.1. The number of hydrogen-bond acceptors (Lipinski definition) is 4. The van der Waals surface area contributed by atoms with Crippen molar-refractivity contribution < 1.29 is 0 Å². The maximum Gasteiger partial charge on any atom is 0.251 e. The van der Waals surface area contributed by atoms with Gasteiger partial charge in [-0.25, -0.2) is 4.98 Å². The zero-order valence-corrected chi connectivity index (χ0v) is 13.3. The van der Waals surface area contributed by atoms with Gasteiger partial charge in [-0.1, -0.05) is 33.1 Å². The Morgan fingerprint density at radius 3 is 2.85 bits per heavy atom.